The summed E-state index contributed by atoms with van der Waals surface area (Å²) in [6, 6.07) is 9.38. The molecule has 5 rings (SSSR count). The summed E-state index contributed by atoms with van der Waals surface area (Å²) in [5, 5.41) is 4.01. The zero-order valence-electron chi connectivity index (χ0n) is 27.3. The Bertz CT molecular complexity index is 1490. The second-order valence-corrected chi connectivity index (χ2v) is 13.2. The van der Waals surface area contributed by atoms with E-state index in [2.05, 4.69) is 30.0 Å². The van der Waals surface area contributed by atoms with Crippen LogP contribution >= 0.6 is 23.2 Å². The van der Waals surface area contributed by atoms with Crippen LogP contribution in [0.2, 0.25) is 10.0 Å². The molecule has 0 aliphatic carbocycles. The zero-order valence-corrected chi connectivity index (χ0v) is 28.8. The minimum Gasteiger partial charge on any atom is -0.469 e. The average Bonchev–Trinajstić information content (AvgIpc) is 3.06. The molecule has 47 heavy (non-hydrogen) atoms. The number of likely N-dealkylation sites (tertiary alicyclic amines) is 1. The van der Waals surface area contributed by atoms with E-state index in [4.69, 9.17) is 37.7 Å². The van der Waals surface area contributed by atoms with Gasteiger partial charge in [-0.25, -0.2) is 15.0 Å². The first kappa shape index (κ1) is 34.8. The van der Waals surface area contributed by atoms with Crippen molar-refractivity contribution in [1.82, 2.24) is 30.1 Å². The zero-order chi connectivity index (χ0) is 33.3. The minimum absolute atomic E-state index is 0.0171. The standard InChI is InChI=1S/C34H43Cl2N7O4/c1-23(33(45)46-3)4-7-41-10-12-43(13-11-41)34-38-20-30(21-39-34)47-32-15-26(14-31(40-32)27-16-28(35)18-29(36)17-27)22-42-8-5-25(6-9-42)19-37-24(2)44/h14-18,20-21,23,25H,4-13,19,22H2,1-3H3,(H,37,44). The summed E-state index contributed by atoms with van der Waals surface area (Å²) in [6.07, 6.45) is 6.18. The summed E-state index contributed by atoms with van der Waals surface area (Å²) in [5.41, 5.74) is 2.56. The Morgan fingerprint density at radius 2 is 1.64 bits per heavy atom. The van der Waals surface area contributed by atoms with Crippen molar-refractivity contribution in [1.29, 1.82) is 0 Å². The molecule has 252 valence electrons. The Morgan fingerprint density at radius 1 is 0.957 bits per heavy atom. The number of nitrogens with zero attached hydrogens (tertiary/aromatic N) is 6. The SMILES string of the molecule is COC(=O)C(C)CCN1CCN(c2ncc(Oc3cc(CN4CCC(CNC(C)=O)CC4)cc(-c4cc(Cl)cc(Cl)c4)n3)cn2)CC1. The number of carbonyl (C=O) groups is 2. The molecule has 0 bridgehead atoms. The number of amides is 1. The van der Waals surface area contributed by atoms with Gasteiger partial charge in [-0.1, -0.05) is 30.1 Å². The first-order valence-corrected chi connectivity index (χ1v) is 16.9. The molecule has 13 heteroatoms. The average molecular weight is 685 g/mol. The van der Waals surface area contributed by atoms with E-state index in [1.165, 1.54) is 7.11 Å². The molecule has 2 aliphatic heterocycles. The first-order valence-electron chi connectivity index (χ1n) is 16.1. The first-order chi connectivity index (χ1) is 22.6. The van der Waals surface area contributed by atoms with Gasteiger partial charge in [-0.05, 0) is 74.6 Å². The van der Waals surface area contributed by atoms with Gasteiger partial charge in [-0.2, -0.15) is 0 Å². The van der Waals surface area contributed by atoms with E-state index in [1.54, 1.807) is 25.4 Å². The van der Waals surface area contributed by atoms with E-state index in [0.29, 0.717) is 39.2 Å². The molecule has 2 fully saturated rings. The molecule has 1 atom stereocenters. The van der Waals surface area contributed by atoms with Crippen molar-refractivity contribution in [3.8, 4) is 22.9 Å². The van der Waals surface area contributed by atoms with Gasteiger partial charge in [-0.3, -0.25) is 19.4 Å². The molecule has 2 aliphatic rings. The number of aromatic nitrogens is 3. The lowest BCUT2D eigenvalue weighted by molar-refractivity contribution is -0.145. The van der Waals surface area contributed by atoms with Crippen molar-refractivity contribution in [2.75, 3.05) is 64.4 Å². The molecule has 1 N–H and O–H groups in total. The maximum absolute atomic E-state index is 11.7. The smallest absolute Gasteiger partial charge is 0.308 e. The molecular weight excluding hydrogens is 641 g/mol. The third-order valence-corrected chi connectivity index (χ3v) is 9.18. The third kappa shape index (κ3) is 10.2. The number of piperidine rings is 1. The summed E-state index contributed by atoms with van der Waals surface area (Å²) in [6.45, 7) is 11.0. The van der Waals surface area contributed by atoms with Crippen LogP contribution in [0.5, 0.6) is 11.6 Å². The Kier molecular flexibility index (Phi) is 12.3. The van der Waals surface area contributed by atoms with Crippen molar-refractivity contribution in [3.05, 3.63) is 58.3 Å². The van der Waals surface area contributed by atoms with Gasteiger partial charge >= 0.3 is 5.97 Å². The molecule has 0 radical (unpaired) electrons. The van der Waals surface area contributed by atoms with Gasteiger partial charge in [0, 0.05) is 67.9 Å². The van der Waals surface area contributed by atoms with E-state index in [0.717, 1.165) is 89.3 Å². The molecule has 0 spiro atoms. The van der Waals surface area contributed by atoms with Crippen LogP contribution in [0.15, 0.2) is 42.7 Å². The van der Waals surface area contributed by atoms with Gasteiger partial charge in [0.15, 0.2) is 5.75 Å². The quantitative estimate of drug-likeness (QED) is 0.252. The Balaban J connectivity index is 1.23. The van der Waals surface area contributed by atoms with Crippen LogP contribution < -0.4 is 15.0 Å². The Morgan fingerprint density at radius 3 is 2.28 bits per heavy atom. The van der Waals surface area contributed by atoms with Gasteiger partial charge in [0.25, 0.3) is 0 Å². The van der Waals surface area contributed by atoms with Crippen LogP contribution in [-0.2, 0) is 20.9 Å². The van der Waals surface area contributed by atoms with Crippen LogP contribution in [0.25, 0.3) is 11.3 Å². The maximum atomic E-state index is 11.7. The van der Waals surface area contributed by atoms with Gasteiger partial charge < -0.3 is 19.7 Å². The number of piperazine rings is 1. The fraction of sp³-hybridized carbons (Fsp3) is 0.500. The molecular formula is C34H43Cl2N7O4. The number of nitrogens with one attached hydrogen (secondary N) is 1. The second kappa shape index (κ2) is 16.5. The predicted octanol–water partition coefficient (Wildman–Crippen LogP) is 5.31. The monoisotopic (exact) mass is 683 g/mol. The number of halogens is 2. The largest absolute Gasteiger partial charge is 0.469 e. The number of carbonyl (C=O) groups excluding carboxylic acids is 2. The summed E-state index contributed by atoms with van der Waals surface area (Å²) >= 11 is 12.7. The van der Waals surface area contributed by atoms with E-state index in [-0.39, 0.29) is 17.8 Å². The molecule has 2 aromatic heterocycles. The lowest BCUT2D eigenvalue weighted by Crippen LogP contribution is -2.47. The van der Waals surface area contributed by atoms with Gasteiger partial charge in [-0.15, -0.1) is 0 Å². The van der Waals surface area contributed by atoms with E-state index in [9.17, 15) is 9.59 Å². The number of ether oxygens (including phenoxy) is 2. The Hall–Kier alpha value is -3.51. The summed E-state index contributed by atoms with van der Waals surface area (Å²) in [4.78, 5) is 44.0. The maximum Gasteiger partial charge on any atom is 0.308 e. The molecule has 11 nitrogen and oxygen atoms in total. The molecule has 0 saturated carbocycles. The van der Waals surface area contributed by atoms with Crippen molar-refractivity contribution in [2.45, 2.75) is 39.7 Å². The topological polar surface area (TPSA) is 113 Å². The molecule has 3 aromatic rings. The van der Waals surface area contributed by atoms with E-state index >= 15 is 0 Å². The summed E-state index contributed by atoms with van der Waals surface area (Å²) in [7, 11) is 1.43. The molecule has 4 heterocycles. The number of hydrogen-bond donors (Lipinski definition) is 1. The number of hydrogen-bond acceptors (Lipinski definition) is 10. The second-order valence-electron chi connectivity index (χ2n) is 12.4. The van der Waals surface area contributed by atoms with E-state index < -0.39 is 0 Å². The van der Waals surface area contributed by atoms with Crippen molar-refractivity contribution < 1.29 is 19.1 Å². The fourth-order valence-corrected chi connectivity index (χ4v) is 6.49. The number of benzene rings is 1. The van der Waals surface area contributed by atoms with Crippen molar-refractivity contribution in [3.63, 3.8) is 0 Å². The third-order valence-electron chi connectivity index (χ3n) is 8.75. The van der Waals surface area contributed by atoms with Gasteiger partial charge in [0.05, 0.1) is 31.1 Å². The van der Waals surface area contributed by atoms with Crippen molar-refractivity contribution in [2.24, 2.45) is 11.8 Å². The minimum atomic E-state index is -0.164. The van der Waals surface area contributed by atoms with Gasteiger partial charge in [0.1, 0.15) is 0 Å². The number of methoxy groups -OCH3 is 1. The lowest BCUT2D eigenvalue weighted by atomic mass is 9.96. The highest BCUT2D eigenvalue weighted by atomic mass is 35.5. The van der Waals surface area contributed by atoms with Crippen LogP contribution in [-0.4, -0.2) is 96.1 Å². The molecule has 1 amide bonds. The summed E-state index contributed by atoms with van der Waals surface area (Å²) in [5.74, 6) is 1.80. The van der Waals surface area contributed by atoms with Gasteiger partial charge in [0.2, 0.25) is 17.7 Å². The van der Waals surface area contributed by atoms with Crippen molar-refractivity contribution >= 4 is 41.0 Å². The predicted molar refractivity (Wildman–Crippen MR) is 183 cm³/mol. The molecule has 2 saturated heterocycles. The van der Waals surface area contributed by atoms with Crippen LogP contribution in [0.1, 0.15) is 38.7 Å². The van der Waals surface area contributed by atoms with Crippen LogP contribution in [0.3, 0.4) is 0 Å². The fourth-order valence-electron chi connectivity index (χ4n) is 5.96. The highest BCUT2D eigenvalue weighted by Crippen LogP contribution is 2.31. The van der Waals surface area contributed by atoms with E-state index in [1.807, 2.05) is 31.2 Å². The van der Waals surface area contributed by atoms with Crippen LogP contribution in [0, 0.1) is 11.8 Å². The summed E-state index contributed by atoms with van der Waals surface area (Å²) < 4.78 is 11.1. The number of pyridine rings is 1. The normalized spacial score (nSPS) is 16.9. The number of anilines is 1. The molecule has 1 unspecified atom stereocenters. The highest BCUT2D eigenvalue weighted by molar-refractivity contribution is 6.35. The number of esters is 1. The molecule has 1 aromatic carbocycles. The highest BCUT2D eigenvalue weighted by Gasteiger charge is 2.22. The lowest BCUT2D eigenvalue weighted by Gasteiger charge is -2.35. The van der Waals surface area contributed by atoms with Crippen LogP contribution in [0.4, 0.5) is 5.95 Å². The Labute approximate surface area is 286 Å². The number of rotatable bonds is 12.